The molecule has 146 valence electrons. The molecular weight excluding hydrogens is 373 g/mol. The van der Waals surface area contributed by atoms with Crippen molar-refractivity contribution in [3.05, 3.63) is 23.4 Å². The summed E-state index contributed by atoms with van der Waals surface area (Å²) in [6.45, 7) is -0.596. The Morgan fingerprint density at radius 1 is 1.38 bits per heavy atom. The van der Waals surface area contributed by atoms with Crippen LogP contribution in [-0.4, -0.2) is 58.4 Å². The Labute approximate surface area is 142 Å². The second kappa shape index (κ2) is 8.23. The fraction of sp³-hybridized carbons (Fsp3) is 0.462. The third-order valence-electron chi connectivity index (χ3n) is 3.09. The Morgan fingerprint density at radius 3 is 2.38 bits per heavy atom. The van der Waals surface area contributed by atoms with E-state index in [2.05, 4.69) is 10.3 Å². The van der Waals surface area contributed by atoms with Gasteiger partial charge in [0.15, 0.2) is 0 Å². The quantitative estimate of drug-likeness (QED) is 0.565. The van der Waals surface area contributed by atoms with Crippen molar-refractivity contribution in [2.24, 2.45) is 0 Å². The number of anilines is 1. The number of aliphatic carboxylic acids is 1. The molecule has 1 saturated heterocycles. The number of pyridine rings is 1. The minimum Gasteiger partial charge on any atom is -0.478 e. The van der Waals surface area contributed by atoms with Crippen LogP contribution in [0.1, 0.15) is 15.9 Å². The van der Waals surface area contributed by atoms with E-state index in [9.17, 15) is 26.7 Å². The average Bonchev–Trinajstić information content (AvgIpc) is 2.84. The van der Waals surface area contributed by atoms with Crippen molar-refractivity contribution >= 4 is 17.8 Å². The maximum atomic E-state index is 13.3. The molecule has 2 rings (SSSR count). The molecule has 1 aliphatic rings. The predicted octanol–water partition coefficient (Wildman–Crippen LogP) is 1.12. The standard InChI is InChI=1S/C11H13F2N3O3.C2HF3O2/c12-11(13)5-15-3-8(11)19-4-7-1-6(10(17)18)2-16-9(7)14;3-2(4,5)1(6)7/h1-2,8,15H,3-5H2,(H2,14,16)(H,17,18);(H,6,7). The molecule has 5 N–H and O–H groups in total. The summed E-state index contributed by atoms with van der Waals surface area (Å²) in [5.41, 5.74) is 5.77. The number of rotatable bonds is 4. The highest BCUT2D eigenvalue weighted by atomic mass is 19.4. The molecule has 1 atom stereocenters. The summed E-state index contributed by atoms with van der Waals surface area (Å²) in [6, 6.07) is 1.27. The zero-order valence-corrected chi connectivity index (χ0v) is 12.9. The third-order valence-corrected chi connectivity index (χ3v) is 3.09. The number of halogens is 5. The van der Waals surface area contributed by atoms with Crippen molar-refractivity contribution in [1.82, 2.24) is 10.3 Å². The molecule has 13 heteroatoms. The van der Waals surface area contributed by atoms with Gasteiger partial charge in [-0.1, -0.05) is 0 Å². The predicted molar refractivity (Wildman–Crippen MR) is 75.7 cm³/mol. The van der Waals surface area contributed by atoms with Crippen LogP contribution in [0.3, 0.4) is 0 Å². The number of carboxylic acid groups (broad SMARTS) is 2. The van der Waals surface area contributed by atoms with Crippen LogP contribution >= 0.6 is 0 Å². The molecule has 0 bridgehead atoms. The number of aromatic carboxylic acids is 1. The number of nitrogens with one attached hydrogen (secondary N) is 1. The number of carboxylic acids is 2. The Balaban J connectivity index is 0.000000412. The van der Waals surface area contributed by atoms with Crippen LogP contribution in [0.2, 0.25) is 0 Å². The van der Waals surface area contributed by atoms with Crippen molar-refractivity contribution in [3.8, 4) is 0 Å². The molecule has 1 aromatic heterocycles. The summed E-state index contributed by atoms with van der Waals surface area (Å²) in [5, 5.41) is 18.5. The number of nitrogens with zero attached hydrogens (tertiary/aromatic N) is 1. The van der Waals surface area contributed by atoms with E-state index in [-0.39, 0.29) is 30.1 Å². The van der Waals surface area contributed by atoms with Gasteiger partial charge in [-0.2, -0.15) is 13.2 Å². The molecule has 26 heavy (non-hydrogen) atoms. The van der Waals surface area contributed by atoms with Gasteiger partial charge in [0.1, 0.15) is 11.9 Å². The first-order valence-electron chi connectivity index (χ1n) is 6.82. The van der Waals surface area contributed by atoms with Gasteiger partial charge in [0.2, 0.25) is 0 Å². The first-order chi connectivity index (χ1) is 11.8. The number of alkyl halides is 5. The van der Waals surface area contributed by atoms with E-state index in [4.69, 9.17) is 25.5 Å². The lowest BCUT2D eigenvalue weighted by atomic mass is 10.2. The van der Waals surface area contributed by atoms with E-state index in [1.807, 2.05) is 0 Å². The minimum atomic E-state index is -5.08. The van der Waals surface area contributed by atoms with Crippen LogP contribution in [0, 0.1) is 0 Å². The molecule has 0 spiro atoms. The summed E-state index contributed by atoms with van der Waals surface area (Å²) < 4.78 is 63.4. The molecular formula is C13H14F5N3O5. The SMILES string of the molecule is Nc1ncc(C(=O)O)cc1COC1CNCC1(F)F.O=C(O)C(F)(F)F. The minimum absolute atomic E-state index is 0.0406. The monoisotopic (exact) mass is 387 g/mol. The van der Waals surface area contributed by atoms with Crippen molar-refractivity contribution in [3.63, 3.8) is 0 Å². The fourth-order valence-corrected chi connectivity index (χ4v) is 1.76. The molecule has 1 fully saturated rings. The van der Waals surface area contributed by atoms with E-state index in [1.165, 1.54) is 6.07 Å². The smallest absolute Gasteiger partial charge is 0.478 e. The van der Waals surface area contributed by atoms with Gasteiger partial charge in [-0.15, -0.1) is 0 Å². The molecule has 0 aromatic carbocycles. The second-order valence-electron chi connectivity index (χ2n) is 5.07. The maximum absolute atomic E-state index is 13.3. The summed E-state index contributed by atoms with van der Waals surface area (Å²) >= 11 is 0. The van der Waals surface area contributed by atoms with Crippen LogP contribution < -0.4 is 11.1 Å². The summed E-state index contributed by atoms with van der Waals surface area (Å²) in [5.74, 6) is -6.79. The van der Waals surface area contributed by atoms with E-state index >= 15 is 0 Å². The normalized spacial score (nSPS) is 18.7. The summed E-state index contributed by atoms with van der Waals surface area (Å²) in [6.07, 6.45) is -5.23. The maximum Gasteiger partial charge on any atom is 0.490 e. The number of nitrogens with two attached hydrogens (primary N) is 1. The van der Waals surface area contributed by atoms with E-state index in [1.54, 1.807) is 0 Å². The van der Waals surface area contributed by atoms with Crippen LogP contribution in [-0.2, 0) is 16.1 Å². The van der Waals surface area contributed by atoms with Gasteiger partial charge in [-0.05, 0) is 6.07 Å². The molecule has 1 aromatic rings. The lowest BCUT2D eigenvalue weighted by Gasteiger charge is -2.18. The van der Waals surface area contributed by atoms with Crippen LogP contribution in [0.5, 0.6) is 0 Å². The summed E-state index contributed by atoms with van der Waals surface area (Å²) in [7, 11) is 0. The highest BCUT2D eigenvalue weighted by Gasteiger charge is 2.44. The van der Waals surface area contributed by atoms with Crippen LogP contribution in [0.4, 0.5) is 27.8 Å². The highest BCUT2D eigenvalue weighted by molar-refractivity contribution is 5.87. The Kier molecular flexibility index (Phi) is 6.80. The highest BCUT2D eigenvalue weighted by Crippen LogP contribution is 2.26. The number of ether oxygens (including phenoxy) is 1. The van der Waals surface area contributed by atoms with Crippen molar-refractivity contribution < 1.29 is 46.5 Å². The van der Waals surface area contributed by atoms with E-state index in [0.29, 0.717) is 0 Å². The number of nitrogen functional groups attached to an aromatic ring is 1. The lowest BCUT2D eigenvalue weighted by molar-refractivity contribution is -0.192. The average molecular weight is 387 g/mol. The number of aromatic nitrogens is 1. The van der Waals surface area contributed by atoms with E-state index in [0.717, 1.165) is 6.20 Å². The van der Waals surface area contributed by atoms with E-state index < -0.39 is 36.7 Å². The molecule has 8 nitrogen and oxygen atoms in total. The Bertz CT molecular complexity index is 668. The third kappa shape index (κ3) is 6.07. The second-order valence-corrected chi connectivity index (χ2v) is 5.07. The first kappa shape index (κ1) is 21.5. The van der Waals surface area contributed by atoms with Gasteiger partial charge in [-0.25, -0.2) is 23.4 Å². The molecule has 0 amide bonds. The first-order valence-corrected chi connectivity index (χ1v) is 6.82. The number of hydrogen-bond acceptors (Lipinski definition) is 6. The van der Waals surface area contributed by atoms with Crippen LogP contribution in [0.15, 0.2) is 12.3 Å². The van der Waals surface area contributed by atoms with Gasteiger partial charge in [0, 0.05) is 18.3 Å². The Hall–Kier alpha value is -2.54. The molecule has 1 unspecified atom stereocenters. The molecule has 1 aliphatic heterocycles. The van der Waals surface area contributed by atoms with Gasteiger partial charge in [0.05, 0.1) is 18.7 Å². The van der Waals surface area contributed by atoms with Gasteiger partial charge >= 0.3 is 18.1 Å². The molecule has 0 aliphatic carbocycles. The van der Waals surface area contributed by atoms with Crippen molar-refractivity contribution in [2.75, 3.05) is 18.8 Å². The largest absolute Gasteiger partial charge is 0.490 e. The number of hydrogen-bond donors (Lipinski definition) is 4. The molecule has 0 saturated carbocycles. The Morgan fingerprint density at radius 2 is 1.96 bits per heavy atom. The van der Waals surface area contributed by atoms with Crippen molar-refractivity contribution in [1.29, 1.82) is 0 Å². The van der Waals surface area contributed by atoms with Crippen LogP contribution in [0.25, 0.3) is 0 Å². The molecule has 2 heterocycles. The van der Waals surface area contributed by atoms with Gasteiger partial charge in [-0.3, -0.25) is 0 Å². The van der Waals surface area contributed by atoms with Crippen molar-refractivity contribution in [2.45, 2.75) is 24.8 Å². The van der Waals surface area contributed by atoms with Gasteiger partial charge in [0.25, 0.3) is 5.92 Å². The number of carbonyl (C=O) groups is 2. The van der Waals surface area contributed by atoms with Gasteiger partial charge < -0.3 is 26.0 Å². The molecule has 0 radical (unpaired) electrons. The fourth-order valence-electron chi connectivity index (χ4n) is 1.76. The topological polar surface area (TPSA) is 135 Å². The lowest BCUT2D eigenvalue weighted by Crippen LogP contribution is -2.34. The zero-order valence-electron chi connectivity index (χ0n) is 12.9. The zero-order chi connectivity index (χ0) is 20.1. The summed E-state index contributed by atoms with van der Waals surface area (Å²) in [4.78, 5) is 23.4.